The summed E-state index contributed by atoms with van der Waals surface area (Å²) in [5, 5.41) is 0. The molecule has 0 unspecified atom stereocenters. The Bertz CT molecular complexity index is 1360. The number of carbonyl (C=O) groups excluding carboxylic acids is 1. The lowest BCUT2D eigenvalue weighted by Gasteiger charge is -2.36. The van der Waals surface area contributed by atoms with Crippen molar-refractivity contribution in [3.8, 4) is 11.4 Å². The first kappa shape index (κ1) is 23.7. The fourth-order valence-corrected chi connectivity index (χ4v) is 4.79. The lowest BCUT2D eigenvalue weighted by Crippen LogP contribution is -2.49. The molecule has 1 aliphatic heterocycles. The summed E-state index contributed by atoms with van der Waals surface area (Å²) in [5.41, 5.74) is 7.57. The van der Waals surface area contributed by atoms with Crippen LogP contribution in [0.1, 0.15) is 38.3 Å². The van der Waals surface area contributed by atoms with E-state index in [1.54, 1.807) is 0 Å². The molecule has 5 heteroatoms. The van der Waals surface area contributed by atoms with Crippen LogP contribution in [0.4, 0.5) is 5.82 Å². The van der Waals surface area contributed by atoms with E-state index in [9.17, 15) is 4.79 Å². The quantitative estimate of drug-likeness (QED) is 0.375. The Morgan fingerprint density at radius 3 is 2.19 bits per heavy atom. The van der Waals surface area contributed by atoms with E-state index < -0.39 is 0 Å². The Morgan fingerprint density at radius 1 is 0.778 bits per heavy atom. The molecule has 0 bridgehead atoms. The number of carbonyl (C=O) groups is 1. The van der Waals surface area contributed by atoms with Crippen LogP contribution >= 0.6 is 0 Å². The summed E-state index contributed by atoms with van der Waals surface area (Å²) < 4.78 is 0. The van der Waals surface area contributed by atoms with Crippen molar-refractivity contribution >= 4 is 11.7 Å². The summed E-state index contributed by atoms with van der Waals surface area (Å²) in [5.74, 6) is 1.82. The van der Waals surface area contributed by atoms with Crippen molar-refractivity contribution in [1.82, 2.24) is 14.9 Å². The number of hydrogen-bond acceptors (Lipinski definition) is 4. The van der Waals surface area contributed by atoms with Crippen LogP contribution in [0, 0.1) is 20.8 Å². The van der Waals surface area contributed by atoms with Crippen LogP contribution in [0.5, 0.6) is 0 Å². The molecule has 1 aliphatic rings. The number of aromatic nitrogens is 2. The molecular weight excluding hydrogens is 444 g/mol. The highest BCUT2D eigenvalue weighted by molar-refractivity contribution is 5.94. The fourth-order valence-electron chi connectivity index (χ4n) is 4.79. The van der Waals surface area contributed by atoms with Gasteiger partial charge in [-0.3, -0.25) is 4.79 Å². The molecule has 0 saturated carbocycles. The third-order valence-electron chi connectivity index (χ3n) is 6.85. The van der Waals surface area contributed by atoms with Crippen LogP contribution in [0.2, 0.25) is 0 Å². The first-order chi connectivity index (χ1) is 17.5. The van der Waals surface area contributed by atoms with E-state index in [-0.39, 0.29) is 5.91 Å². The summed E-state index contributed by atoms with van der Waals surface area (Å²) in [4.78, 5) is 27.3. The zero-order chi connectivity index (χ0) is 25.1. The Labute approximate surface area is 213 Å². The van der Waals surface area contributed by atoms with Gasteiger partial charge in [-0.15, -0.1) is 0 Å². The van der Waals surface area contributed by atoms with Crippen LogP contribution in [0.15, 0.2) is 78.9 Å². The molecule has 0 atom stereocenters. The molecule has 4 aromatic rings. The average molecular weight is 477 g/mol. The number of aryl methyl sites for hydroxylation is 3. The van der Waals surface area contributed by atoms with Crippen molar-refractivity contribution < 1.29 is 4.79 Å². The minimum atomic E-state index is 0.0958. The van der Waals surface area contributed by atoms with Gasteiger partial charge in [0, 0.05) is 55.0 Å². The van der Waals surface area contributed by atoms with Crippen LogP contribution in [-0.2, 0) is 6.42 Å². The van der Waals surface area contributed by atoms with Crippen LogP contribution < -0.4 is 4.90 Å². The molecule has 5 rings (SSSR count). The lowest BCUT2D eigenvalue weighted by atomic mass is 10.0. The Kier molecular flexibility index (Phi) is 6.81. The van der Waals surface area contributed by atoms with Crippen molar-refractivity contribution in [3.05, 3.63) is 112 Å². The second-order valence-electron chi connectivity index (χ2n) is 9.61. The smallest absolute Gasteiger partial charge is 0.253 e. The highest BCUT2D eigenvalue weighted by Crippen LogP contribution is 2.28. The Morgan fingerprint density at radius 2 is 1.50 bits per heavy atom. The largest absolute Gasteiger partial charge is 0.353 e. The minimum Gasteiger partial charge on any atom is -0.353 e. The number of anilines is 1. The predicted molar refractivity (Wildman–Crippen MR) is 145 cm³/mol. The topological polar surface area (TPSA) is 49.3 Å². The molecule has 3 aromatic carbocycles. The van der Waals surface area contributed by atoms with E-state index in [0.29, 0.717) is 13.1 Å². The summed E-state index contributed by atoms with van der Waals surface area (Å²) >= 11 is 0. The zero-order valence-corrected chi connectivity index (χ0v) is 21.2. The van der Waals surface area contributed by atoms with Crippen molar-refractivity contribution in [2.24, 2.45) is 0 Å². The van der Waals surface area contributed by atoms with E-state index >= 15 is 0 Å². The van der Waals surface area contributed by atoms with Crippen molar-refractivity contribution in [1.29, 1.82) is 0 Å². The molecule has 0 spiro atoms. The summed E-state index contributed by atoms with van der Waals surface area (Å²) in [7, 11) is 0. The van der Waals surface area contributed by atoms with Gasteiger partial charge in [0.15, 0.2) is 5.82 Å². The molecule has 1 fully saturated rings. The van der Waals surface area contributed by atoms with Gasteiger partial charge >= 0.3 is 0 Å². The van der Waals surface area contributed by atoms with E-state index in [1.807, 2.05) is 54.3 Å². The van der Waals surface area contributed by atoms with Crippen molar-refractivity contribution in [2.75, 3.05) is 31.1 Å². The number of nitrogens with zero attached hydrogens (tertiary/aromatic N) is 4. The summed E-state index contributed by atoms with van der Waals surface area (Å²) in [6, 6.07) is 26.6. The van der Waals surface area contributed by atoms with Crippen molar-refractivity contribution in [2.45, 2.75) is 27.2 Å². The predicted octanol–water partition coefficient (Wildman–Crippen LogP) is 5.62. The zero-order valence-electron chi connectivity index (χ0n) is 21.2. The molecule has 5 nitrogen and oxygen atoms in total. The normalized spacial score (nSPS) is 13.6. The molecule has 182 valence electrons. The first-order valence-electron chi connectivity index (χ1n) is 12.6. The highest BCUT2D eigenvalue weighted by atomic mass is 16.2. The molecular formula is C31H32N4O. The van der Waals surface area contributed by atoms with Gasteiger partial charge in [-0.2, -0.15) is 0 Å². The summed E-state index contributed by atoms with van der Waals surface area (Å²) in [6.45, 7) is 9.05. The van der Waals surface area contributed by atoms with Gasteiger partial charge < -0.3 is 9.80 Å². The van der Waals surface area contributed by atoms with Gasteiger partial charge in [0.2, 0.25) is 0 Å². The van der Waals surface area contributed by atoms with Gasteiger partial charge in [0.05, 0.1) is 0 Å². The maximum absolute atomic E-state index is 13.1. The second-order valence-corrected chi connectivity index (χ2v) is 9.61. The fraction of sp³-hybridized carbons (Fsp3) is 0.258. The average Bonchev–Trinajstić information content (AvgIpc) is 2.90. The SMILES string of the molecule is Cc1ccc(C(=O)N2CCN(c3nc(-c4ccccc4)nc(C)c3Cc3cccc(C)c3)CC2)cc1. The number of amides is 1. The molecule has 0 aliphatic carbocycles. The van der Waals surface area contributed by atoms with E-state index in [1.165, 1.54) is 11.1 Å². The minimum absolute atomic E-state index is 0.0958. The van der Waals surface area contributed by atoms with Gasteiger partial charge in [-0.25, -0.2) is 9.97 Å². The molecule has 1 aromatic heterocycles. The molecule has 1 saturated heterocycles. The molecule has 0 N–H and O–H groups in total. The molecule has 1 amide bonds. The van der Waals surface area contributed by atoms with Gasteiger partial charge in [-0.05, 0) is 38.5 Å². The standard InChI is InChI=1S/C31H32N4O/c1-22-12-14-27(15-13-22)31(36)35-18-16-34(17-19-35)30-28(21-25-9-7-8-23(2)20-25)24(3)32-29(33-30)26-10-5-4-6-11-26/h4-15,20H,16-19,21H2,1-3H3. The number of benzene rings is 3. The van der Waals surface area contributed by atoms with E-state index in [4.69, 9.17) is 9.97 Å². The van der Waals surface area contributed by atoms with E-state index in [0.717, 1.165) is 59.1 Å². The highest BCUT2D eigenvalue weighted by Gasteiger charge is 2.26. The third-order valence-corrected chi connectivity index (χ3v) is 6.85. The van der Waals surface area contributed by atoms with E-state index in [2.05, 4.69) is 55.1 Å². The van der Waals surface area contributed by atoms with Crippen LogP contribution in [0.3, 0.4) is 0 Å². The Hall–Kier alpha value is -3.99. The van der Waals surface area contributed by atoms with Crippen LogP contribution in [-0.4, -0.2) is 47.0 Å². The lowest BCUT2D eigenvalue weighted by molar-refractivity contribution is 0.0746. The molecule has 0 radical (unpaired) electrons. The Balaban J connectivity index is 1.44. The maximum atomic E-state index is 13.1. The summed E-state index contributed by atoms with van der Waals surface area (Å²) in [6.07, 6.45) is 0.778. The maximum Gasteiger partial charge on any atom is 0.253 e. The van der Waals surface area contributed by atoms with Crippen molar-refractivity contribution in [3.63, 3.8) is 0 Å². The first-order valence-corrected chi connectivity index (χ1v) is 12.6. The van der Waals surface area contributed by atoms with Crippen LogP contribution in [0.25, 0.3) is 11.4 Å². The number of hydrogen-bond donors (Lipinski definition) is 0. The molecule has 2 heterocycles. The van der Waals surface area contributed by atoms with Gasteiger partial charge in [0.25, 0.3) is 5.91 Å². The monoisotopic (exact) mass is 476 g/mol. The number of rotatable bonds is 5. The third kappa shape index (κ3) is 5.15. The van der Waals surface area contributed by atoms with Gasteiger partial charge in [0.1, 0.15) is 5.82 Å². The second kappa shape index (κ2) is 10.3. The molecule has 36 heavy (non-hydrogen) atoms. The number of piperazine rings is 1. The van der Waals surface area contributed by atoms with Gasteiger partial charge in [-0.1, -0.05) is 77.9 Å².